The van der Waals surface area contributed by atoms with Crippen LogP contribution in [0, 0.1) is 0 Å². The van der Waals surface area contributed by atoms with Gasteiger partial charge in [0.2, 0.25) is 0 Å². The number of carbonyl (C=O) groups excluding carboxylic acids is 2. The Kier molecular flexibility index (Phi) is 2.28. The van der Waals surface area contributed by atoms with Crippen LogP contribution in [-0.2, 0) is 19.0 Å². The Bertz CT molecular complexity index is 262. The van der Waals surface area contributed by atoms with Crippen LogP contribution in [-0.4, -0.2) is 44.0 Å². The van der Waals surface area contributed by atoms with E-state index in [1.165, 1.54) is 7.11 Å². The molecule has 14 heavy (non-hydrogen) atoms. The molecule has 0 aromatic heterocycles. The fourth-order valence-electron chi connectivity index (χ4n) is 1.42. The number of ether oxygens (including phenoxy) is 3. The third-order valence-corrected chi connectivity index (χ3v) is 2.27. The number of esters is 1. The minimum Gasteiger partial charge on any atom is -0.458 e. The van der Waals surface area contributed by atoms with Gasteiger partial charge in [-0.25, -0.2) is 9.59 Å². The predicted octanol–water partition coefficient (Wildman–Crippen LogP) is -0.575. The van der Waals surface area contributed by atoms with E-state index in [1.807, 2.05) is 0 Å². The van der Waals surface area contributed by atoms with Crippen molar-refractivity contribution in [3.05, 3.63) is 0 Å². The van der Waals surface area contributed by atoms with Crippen molar-refractivity contribution in [1.29, 1.82) is 0 Å². The quantitative estimate of drug-likeness (QED) is 0.478. The molecule has 2 heterocycles. The second-order valence-electron chi connectivity index (χ2n) is 3.27. The Morgan fingerprint density at radius 1 is 1.57 bits per heavy atom. The smallest absolute Gasteiger partial charge is 0.407 e. The third-order valence-electron chi connectivity index (χ3n) is 2.27. The molecule has 6 nitrogen and oxygen atoms in total. The minimum atomic E-state index is -0.621. The summed E-state index contributed by atoms with van der Waals surface area (Å²) < 4.78 is 14.4. The molecular formula is C8H11NO5. The number of rotatable bonds is 2. The number of alkyl carbamates (subject to hydrolysis) is 1. The van der Waals surface area contributed by atoms with Gasteiger partial charge in [-0.3, -0.25) is 0 Å². The second kappa shape index (κ2) is 3.45. The van der Waals surface area contributed by atoms with E-state index in [2.05, 4.69) is 10.1 Å². The van der Waals surface area contributed by atoms with Gasteiger partial charge in [-0.15, -0.1) is 0 Å². The van der Waals surface area contributed by atoms with Gasteiger partial charge in [0.05, 0.1) is 13.7 Å². The molecule has 1 amide bonds. The van der Waals surface area contributed by atoms with Gasteiger partial charge in [-0.2, -0.15) is 0 Å². The number of carbonyl (C=O) groups is 2. The molecule has 0 aromatic rings. The molecule has 0 saturated carbocycles. The molecule has 6 heteroatoms. The van der Waals surface area contributed by atoms with Crippen molar-refractivity contribution in [3.63, 3.8) is 0 Å². The Hall–Kier alpha value is -1.30. The van der Waals surface area contributed by atoms with E-state index in [0.717, 1.165) is 0 Å². The average Bonchev–Trinajstić information content (AvgIpc) is 2.94. The van der Waals surface area contributed by atoms with E-state index in [9.17, 15) is 9.59 Å². The predicted molar refractivity (Wildman–Crippen MR) is 43.6 cm³/mol. The highest BCUT2D eigenvalue weighted by molar-refractivity contribution is 5.83. The highest BCUT2D eigenvalue weighted by Crippen LogP contribution is 2.26. The van der Waals surface area contributed by atoms with Crippen molar-refractivity contribution < 1.29 is 23.8 Å². The highest BCUT2D eigenvalue weighted by Gasteiger charge is 2.45. The van der Waals surface area contributed by atoms with Crippen molar-refractivity contribution >= 4 is 12.1 Å². The molecule has 3 unspecified atom stereocenters. The summed E-state index contributed by atoms with van der Waals surface area (Å²) in [7, 11) is 1.25. The van der Waals surface area contributed by atoms with Gasteiger partial charge >= 0.3 is 12.1 Å². The van der Waals surface area contributed by atoms with Gasteiger partial charge < -0.3 is 19.5 Å². The van der Waals surface area contributed by atoms with Crippen LogP contribution in [0.4, 0.5) is 4.79 Å². The molecule has 78 valence electrons. The van der Waals surface area contributed by atoms with Gasteiger partial charge in [-0.1, -0.05) is 0 Å². The van der Waals surface area contributed by atoms with Gasteiger partial charge in [0.1, 0.15) is 18.2 Å². The zero-order valence-electron chi connectivity index (χ0n) is 7.69. The molecule has 2 fully saturated rings. The fraction of sp³-hybridized carbons (Fsp3) is 0.750. The lowest BCUT2D eigenvalue weighted by atomic mass is 10.1. The highest BCUT2D eigenvalue weighted by atomic mass is 16.6. The normalized spacial score (nSPS) is 34.9. The summed E-state index contributed by atoms with van der Waals surface area (Å²) in [6.07, 6.45) is -0.365. The van der Waals surface area contributed by atoms with Crippen molar-refractivity contribution in [1.82, 2.24) is 5.32 Å². The maximum Gasteiger partial charge on any atom is 0.407 e. The molecule has 1 N–H and O–H groups in total. The first-order valence-corrected chi connectivity index (χ1v) is 4.37. The lowest BCUT2D eigenvalue weighted by molar-refractivity contribution is -0.143. The van der Waals surface area contributed by atoms with E-state index in [1.54, 1.807) is 0 Å². The number of hydrogen-bond acceptors (Lipinski definition) is 5. The molecule has 2 rings (SSSR count). The molecule has 0 bridgehead atoms. The summed E-state index contributed by atoms with van der Waals surface area (Å²) in [6.45, 7) is 0.628. The topological polar surface area (TPSA) is 77.2 Å². The minimum absolute atomic E-state index is 0.0170. The van der Waals surface area contributed by atoms with Crippen LogP contribution in [0.15, 0.2) is 0 Å². The molecule has 0 spiro atoms. The van der Waals surface area contributed by atoms with E-state index in [4.69, 9.17) is 9.47 Å². The maximum absolute atomic E-state index is 11.2. The molecule has 2 aliphatic rings. The molecule has 0 aliphatic carbocycles. The lowest BCUT2D eigenvalue weighted by Gasteiger charge is -2.06. The lowest BCUT2D eigenvalue weighted by Crippen LogP contribution is -2.37. The summed E-state index contributed by atoms with van der Waals surface area (Å²) in [5, 5.41) is 2.40. The largest absolute Gasteiger partial charge is 0.458 e. The maximum atomic E-state index is 11.2. The standard InChI is InChI=1S/C8H11NO5/c1-12-8(11)9-4-2-5(6-3-13-6)14-7(4)10/h4-6H,2-3H2,1H3,(H,9,11). The summed E-state index contributed by atoms with van der Waals surface area (Å²) in [6, 6.07) is -0.600. The van der Waals surface area contributed by atoms with Crippen molar-refractivity contribution in [3.8, 4) is 0 Å². The molecule has 3 atom stereocenters. The summed E-state index contributed by atoms with van der Waals surface area (Å²) in [5.41, 5.74) is 0. The Morgan fingerprint density at radius 2 is 2.29 bits per heavy atom. The first-order valence-electron chi connectivity index (χ1n) is 4.37. The summed E-state index contributed by atoms with van der Waals surface area (Å²) in [5.74, 6) is -0.420. The molecule has 2 aliphatic heterocycles. The molecule has 0 aromatic carbocycles. The number of nitrogens with one attached hydrogen (secondary N) is 1. The number of cyclic esters (lactones) is 1. The van der Waals surface area contributed by atoms with Gasteiger partial charge in [0.15, 0.2) is 0 Å². The second-order valence-corrected chi connectivity index (χ2v) is 3.27. The summed E-state index contributed by atoms with van der Waals surface area (Å²) in [4.78, 5) is 22.1. The SMILES string of the molecule is COC(=O)NC1CC(C2CO2)OC1=O. The number of amides is 1. The van der Waals surface area contributed by atoms with Crippen molar-refractivity contribution in [2.75, 3.05) is 13.7 Å². The van der Waals surface area contributed by atoms with Crippen LogP contribution in [0.25, 0.3) is 0 Å². The third kappa shape index (κ3) is 1.79. The van der Waals surface area contributed by atoms with E-state index in [-0.39, 0.29) is 12.2 Å². The van der Waals surface area contributed by atoms with Crippen LogP contribution in [0.3, 0.4) is 0 Å². The van der Waals surface area contributed by atoms with Gasteiger partial charge in [0.25, 0.3) is 0 Å². The van der Waals surface area contributed by atoms with Gasteiger partial charge in [-0.05, 0) is 0 Å². The Balaban J connectivity index is 1.87. The van der Waals surface area contributed by atoms with Crippen molar-refractivity contribution in [2.45, 2.75) is 24.7 Å². The zero-order chi connectivity index (χ0) is 10.1. The first kappa shape index (κ1) is 9.26. The van der Waals surface area contributed by atoms with Crippen LogP contribution in [0.5, 0.6) is 0 Å². The number of epoxide rings is 1. The van der Waals surface area contributed by atoms with Crippen LogP contribution in [0.1, 0.15) is 6.42 Å². The van der Waals surface area contributed by atoms with Crippen molar-refractivity contribution in [2.24, 2.45) is 0 Å². The number of methoxy groups -OCH3 is 1. The summed E-state index contributed by atoms with van der Waals surface area (Å²) >= 11 is 0. The first-order chi connectivity index (χ1) is 6.70. The molecule has 0 radical (unpaired) electrons. The van der Waals surface area contributed by atoms with E-state index >= 15 is 0 Å². The Morgan fingerprint density at radius 3 is 2.86 bits per heavy atom. The average molecular weight is 201 g/mol. The fourth-order valence-corrected chi connectivity index (χ4v) is 1.42. The van der Waals surface area contributed by atoms with Crippen LogP contribution >= 0.6 is 0 Å². The molecule has 2 saturated heterocycles. The van der Waals surface area contributed by atoms with Gasteiger partial charge in [0, 0.05) is 6.42 Å². The van der Waals surface area contributed by atoms with E-state index in [0.29, 0.717) is 13.0 Å². The zero-order valence-corrected chi connectivity index (χ0v) is 7.69. The Labute approximate surface area is 80.5 Å². The monoisotopic (exact) mass is 201 g/mol. The van der Waals surface area contributed by atoms with E-state index < -0.39 is 18.1 Å². The van der Waals surface area contributed by atoms with Crippen LogP contribution < -0.4 is 5.32 Å². The molecular weight excluding hydrogens is 190 g/mol. The van der Waals surface area contributed by atoms with Crippen LogP contribution in [0.2, 0.25) is 0 Å². The number of hydrogen-bond donors (Lipinski definition) is 1.